The largest absolute Gasteiger partial charge is 0.254 e. The van der Waals surface area contributed by atoms with E-state index in [1.54, 1.807) is 0 Å². The predicted octanol–water partition coefficient (Wildman–Crippen LogP) is 9.94. The molecule has 46 heavy (non-hydrogen) atoms. The van der Waals surface area contributed by atoms with Gasteiger partial charge in [-0.2, -0.15) is 0 Å². The van der Waals surface area contributed by atoms with Gasteiger partial charge in [-0.15, -0.1) is 0 Å². The first-order chi connectivity index (χ1) is 22.8. The molecule has 4 heterocycles. The Balaban J connectivity index is 1.24. The van der Waals surface area contributed by atoms with Crippen LogP contribution in [0.15, 0.2) is 152 Å². The number of pyridine rings is 3. The average molecular weight is 588 g/mol. The number of benzene rings is 5. The van der Waals surface area contributed by atoms with Crippen molar-refractivity contribution in [1.29, 1.82) is 0 Å². The van der Waals surface area contributed by atoms with E-state index in [1.165, 1.54) is 0 Å². The quantitative estimate of drug-likeness (QED) is 0.151. The van der Waals surface area contributed by atoms with Crippen molar-refractivity contribution in [2.75, 3.05) is 0 Å². The van der Waals surface area contributed by atoms with Gasteiger partial charge >= 0.3 is 0 Å². The lowest BCUT2D eigenvalue weighted by molar-refractivity contribution is 1.18. The van der Waals surface area contributed by atoms with Crippen LogP contribution >= 0.6 is 0 Å². The van der Waals surface area contributed by atoms with Gasteiger partial charge in [0.2, 0.25) is 0 Å². The van der Waals surface area contributed by atoms with E-state index in [1.807, 2.05) is 60.8 Å². The Morgan fingerprint density at radius 1 is 0.370 bits per heavy atom. The van der Waals surface area contributed by atoms with Gasteiger partial charge in [-0.1, -0.05) is 121 Å². The highest BCUT2D eigenvalue weighted by atomic mass is 14.9. The van der Waals surface area contributed by atoms with E-state index in [2.05, 4.69) is 96.0 Å². The van der Waals surface area contributed by atoms with Crippen LogP contribution in [0.25, 0.3) is 88.8 Å². The average Bonchev–Trinajstić information content (AvgIpc) is 3.14. The smallest absolute Gasteiger partial charge is 0.160 e. The Bertz CT molecular complexity index is 2520. The Morgan fingerprint density at radius 2 is 1.04 bits per heavy atom. The van der Waals surface area contributed by atoms with Crippen LogP contribution < -0.4 is 0 Å². The van der Waals surface area contributed by atoms with E-state index in [9.17, 15) is 0 Å². The zero-order chi connectivity index (χ0) is 30.5. The van der Waals surface area contributed by atoms with E-state index in [4.69, 9.17) is 19.9 Å². The van der Waals surface area contributed by atoms with E-state index in [0.717, 1.165) is 82.9 Å². The Kier molecular flexibility index (Phi) is 6.06. The van der Waals surface area contributed by atoms with Crippen molar-refractivity contribution in [1.82, 2.24) is 24.9 Å². The molecule has 0 spiro atoms. The van der Waals surface area contributed by atoms with Crippen LogP contribution in [-0.2, 0) is 0 Å². The highest BCUT2D eigenvalue weighted by Gasteiger charge is 2.16. The van der Waals surface area contributed by atoms with Crippen LogP contribution in [0.3, 0.4) is 0 Å². The molecule has 0 bridgehead atoms. The highest BCUT2D eigenvalue weighted by molar-refractivity contribution is 6.14. The molecule has 0 N–H and O–H groups in total. The fourth-order valence-electron chi connectivity index (χ4n) is 6.24. The molecule has 5 aromatic carbocycles. The molecule has 0 aliphatic carbocycles. The van der Waals surface area contributed by atoms with Gasteiger partial charge < -0.3 is 0 Å². The summed E-state index contributed by atoms with van der Waals surface area (Å²) in [6.45, 7) is 0. The summed E-state index contributed by atoms with van der Waals surface area (Å²) in [4.78, 5) is 25.1. The molecule has 0 radical (unpaired) electrons. The van der Waals surface area contributed by atoms with Gasteiger partial charge in [0.15, 0.2) is 5.82 Å². The van der Waals surface area contributed by atoms with Crippen LogP contribution in [0.5, 0.6) is 0 Å². The number of fused-ring (bicyclic) bond motifs is 6. The van der Waals surface area contributed by atoms with Crippen molar-refractivity contribution in [3.05, 3.63) is 152 Å². The minimum absolute atomic E-state index is 0.691. The van der Waals surface area contributed by atoms with Crippen molar-refractivity contribution in [2.24, 2.45) is 0 Å². The molecule has 0 saturated carbocycles. The first kappa shape index (κ1) is 26.1. The summed E-state index contributed by atoms with van der Waals surface area (Å²) in [6, 6.07) is 49.7. The summed E-state index contributed by atoms with van der Waals surface area (Å²) in [6.07, 6.45) is 1.82. The molecule has 0 aliphatic heterocycles. The predicted molar refractivity (Wildman–Crippen MR) is 187 cm³/mol. The lowest BCUT2D eigenvalue weighted by Crippen LogP contribution is -1.96. The summed E-state index contributed by atoms with van der Waals surface area (Å²) >= 11 is 0. The molecule has 0 amide bonds. The molecule has 0 atom stereocenters. The zero-order valence-electron chi connectivity index (χ0n) is 24.7. The van der Waals surface area contributed by atoms with Crippen molar-refractivity contribution in [3.8, 4) is 45.2 Å². The van der Waals surface area contributed by atoms with Gasteiger partial charge in [0, 0.05) is 50.0 Å². The maximum Gasteiger partial charge on any atom is 0.160 e. The molecule has 4 aromatic heterocycles. The van der Waals surface area contributed by atoms with Crippen molar-refractivity contribution >= 4 is 43.6 Å². The lowest BCUT2D eigenvalue weighted by Gasteiger charge is -2.13. The molecule has 9 rings (SSSR count). The summed E-state index contributed by atoms with van der Waals surface area (Å²) in [5.41, 5.74) is 10.2. The minimum atomic E-state index is 0.691. The lowest BCUT2D eigenvalue weighted by atomic mass is 9.99. The Labute approximate surface area is 264 Å². The standard InChI is InChI=1S/C41H25N5/c1-3-11-26(12-4-1)34-25-35(45-41(44-34)28-13-5-2-6-14-28)29-15-9-16-30(23-29)37-32-18-7-8-19-33(32)40-36(43-37)24-31-21-20-27-17-10-22-42-38(27)39(31)46-40/h1-25H. The fourth-order valence-corrected chi connectivity index (χ4v) is 6.24. The van der Waals surface area contributed by atoms with Crippen LogP contribution in [0.1, 0.15) is 0 Å². The molecule has 9 aromatic rings. The minimum Gasteiger partial charge on any atom is -0.254 e. The fraction of sp³-hybridized carbons (Fsp3) is 0. The van der Waals surface area contributed by atoms with Crippen molar-refractivity contribution in [2.45, 2.75) is 0 Å². The summed E-state index contributed by atoms with van der Waals surface area (Å²) < 4.78 is 0. The van der Waals surface area contributed by atoms with Gasteiger partial charge in [-0.25, -0.2) is 19.9 Å². The zero-order valence-corrected chi connectivity index (χ0v) is 24.7. The van der Waals surface area contributed by atoms with E-state index >= 15 is 0 Å². The number of nitrogens with zero attached hydrogens (tertiary/aromatic N) is 5. The molecular weight excluding hydrogens is 562 g/mol. The van der Waals surface area contributed by atoms with Gasteiger partial charge in [0.05, 0.1) is 39.1 Å². The van der Waals surface area contributed by atoms with Crippen LogP contribution in [0.2, 0.25) is 0 Å². The van der Waals surface area contributed by atoms with Gasteiger partial charge in [-0.05, 0) is 24.3 Å². The molecule has 0 aliphatic rings. The van der Waals surface area contributed by atoms with Crippen LogP contribution in [0.4, 0.5) is 0 Å². The number of rotatable bonds is 4. The third-order valence-corrected chi connectivity index (χ3v) is 8.47. The maximum absolute atomic E-state index is 5.25. The Morgan fingerprint density at radius 3 is 1.87 bits per heavy atom. The summed E-state index contributed by atoms with van der Waals surface area (Å²) in [5.74, 6) is 0.691. The van der Waals surface area contributed by atoms with Gasteiger partial charge in [0.1, 0.15) is 0 Å². The molecule has 0 fully saturated rings. The third kappa shape index (κ3) is 4.45. The molecule has 5 heteroatoms. The second-order valence-corrected chi connectivity index (χ2v) is 11.3. The second kappa shape index (κ2) is 10.7. The molecular formula is C41H25N5. The van der Waals surface area contributed by atoms with Crippen LogP contribution in [0, 0.1) is 0 Å². The van der Waals surface area contributed by atoms with Crippen molar-refractivity contribution < 1.29 is 0 Å². The van der Waals surface area contributed by atoms with Gasteiger partial charge in [-0.3, -0.25) is 4.98 Å². The monoisotopic (exact) mass is 587 g/mol. The molecule has 214 valence electrons. The van der Waals surface area contributed by atoms with E-state index in [0.29, 0.717) is 5.82 Å². The normalized spacial score (nSPS) is 11.5. The third-order valence-electron chi connectivity index (χ3n) is 8.47. The molecule has 0 saturated heterocycles. The summed E-state index contributed by atoms with van der Waals surface area (Å²) in [5, 5.41) is 4.19. The number of hydrogen-bond acceptors (Lipinski definition) is 5. The summed E-state index contributed by atoms with van der Waals surface area (Å²) in [7, 11) is 0. The van der Waals surface area contributed by atoms with E-state index < -0.39 is 0 Å². The number of hydrogen-bond donors (Lipinski definition) is 0. The highest BCUT2D eigenvalue weighted by Crippen LogP contribution is 2.36. The first-order valence-corrected chi connectivity index (χ1v) is 15.3. The topological polar surface area (TPSA) is 64.5 Å². The van der Waals surface area contributed by atoms with Crippen LogP contribution in [-0.4, -0.2) is 24.9 Å². The number of aromatic nitrogens is 5. The first-order valence-electron chi connectivity index (χ1n) is 15.3. The van der Waals surface area contributed by atoms with Crippen molar-refractivity contribution in [3.63, 3.8) is 0 Å². The molecule has 0 unspecified atom stereocenters. The second-order valence-electron chi connectivity index (χ2n) is 11.3. The maximum atomic E-state index is 5.25. The molecule has 5 nitrogen and oxygen atoms in total. The Hall–Kier alpha value is -6.33. The van der Waals surface area contributed by atoms with Gasteiger partial charge in [0.25, 0.3) is 0 Å². The van der Waals surface area contributed by atoms with E-state index in [-0.39, 0.29) is 0 Å². The SMILES string of the molecule is c1ccc(-c2cc(-c3cccc(-c4nc5cc6ccc7cccnc7c6nc5c5ccccc45)c3)nc(-c3ccccc3)n2)cc1.